The van der Waals surface area contributed by atoms with Gasteiger partial charge in [-0.1, -0.05) is 12.1 Å². The lowest BCUT2D eigenvalue weighted by molar-refractivity contribution is 0.263. The van der Waals surface area contributed by atoms with Crippen LogP contribution in [-0.4, -0.2) is 40.8 Å². The molecule has 0 atom stereocenters. The summed E-state index contributed by atoms with van der Waals surface area (Å²) in [6.07, 6.45) is 7.61. The fraction of sp³-hybridized carbons (Fsp3) is 0.350. The Labute approximate surface area is 142 Å². The summed E-state index contributed by atoms with van der Waals surface area (Å²) < 4.78 is 7.83. The molecule has 2 aromatic heterocycles. The van der Waals surface area contributed by atoms with Gasteiger partial charge in [0, 0.05) is 18.9 Å². The van der Waals surface area contributed by atoms with Gasteiger partial charge in [0.2, 0.25) is 0 Å². The van der Waals surface area contributed by atoms with Gasteiger partial charge < -0.3 is 9.64 Å². The van der Waals surface area contributed by atoms with Crippen LogP contribution in [0.15, 0.2) is 54.9 Å². The molecule has 0 spiro atoms. The van der Waals surface area contributed by atoms with E-state index < -0.39 is 0 Å². The van der Waals surface area contributed by atoms with Crippen LogP contribution in [-0.2, 0) is 0 Å². The normalized spacial score (nSPS) is 15.2. The quantitative estimate of drug-likeness (QED) is 0.646. The molecule has 0 bridgehead atoms. The van der Waals surface area contributed by atoms with Crippen LogP contribution in [0, 0.1) is 0 Å². The van der Waals surface area contributed by atoms with E-state index in [1.54, 1.807) is 0 Å². The molecule has 4 heteroatoms. The van der Waals surface area contributed by atoms with Crippen LogP contribution in [0.4, 0.5) is 0 Å². The minimum Gasteiger partial charge on any atom is -0.494 e. The summed E-state index contributed by atoms with van der Waals surface area (Å²) in [5.74, 6) is 0.947. The van der Waals surface area contributed by atoms with E-state index in [0.29, 0.717) is 0 Å². The smallest absolute Gasteiger partial charge is 0.119 e. The van der Waals surface area contributed by atoms with Gasteiger partial charge in [0.15, 0.2) is 0 Å². The Bertz CT molecular complexity index is 805. The number of hydrogen-bond donors (Lipinski definition) is 0. The van der Waals surface area contributed by atoms with Crippen molar-refractivity contribution in [2.75, 3.05) is 26.2 Å². The third-order valence-electron chi connectivity index (χ3n) is 4.65. The molecule has 3 aromatic rings. The first-order valence-corrected chi connectivity index (χ1v) is 8.77. The van der Waals surface area contributed by atoms with Crippen molar-refractivity contribution in [3.8, 4) is 16.9 Å². The van der Waals surface area contributed by atoms with Crippen molar-refractivity contribution in [2.24, 2.45) is 0 Å². The zero-order chi connectivity index (χ0) is 16.2. The average molecular weight is 321 g/mol. The molecule has 1 aliphatic heterocycles. The second kappa shape index (κ2) is 7.05. The average Bonchev–Trinajstić information content (AvgIpc) is 3.30. The Morgan fingerprint density at radius 3 is 2.79 bits per heavy atom. The first-order chi connectivity index (χ1) is 11.9. The highest BCUT2D eigenvalue weighted by Crippen LogP contribution is 2.25. The van der Waals surface area contributed by atoms with Gasteiger partial charge in [-0.2, -0.15) is 5.10 Å². The van der Waals surface area contributed by atoms with Crippen molar-refractivity contribution in [1.29, 1.82) is 0 Å². The van der Waals surface area contributed by atoms with E-state index >= 15 is 0 Å². The van der Waals surface area contributed by atoms with E-state index in [-0.39, 0.29) is 0 Å². The predicted octanol–water partition coefficient (Wildman–Crippen LogP) is 3.87. The van der Waals surface area contributed by atoms with Crippen LogP contribution >= 0.6 is 0 Å². The largest absolute Gasteiger partial charge is 0.494 e. The molecule has 0 radical (unpaired) electrons. The van der Waals surface area contributed by atoms with E-state index in [0.717, 1.165) is 30.8 Å². The summed E-state index contributed by atoms with van der Waals surface area (Å²) in [6, 6.07) is 14.6. The maximum atomic E-state index is 5.96. The molecule has 0 aliphatic carbocycles. The van der Waals surface area contributed by atoms with E-state index in [2.05, 4.69) is 40.3 Å². The SMILES string of the molecule is c1cc(OCCCN2CCCC2)cc(-c2ccn3nccc3c2)c1. The first-order valence-electron chi connectivity index (χ1n) is 8.77. The van der Waals surface area contributed by atoms with Crippen LogP contribution in [0.2, 0.25) is 0 Å². The number of benzene rings is 1. The minimum atomic E-state index is 0.779. The Balaban J connectivity index is 1.39. The molecule has 4 nitrogen and oxygen atoms in total. The van der Waals surface area contributed by atoms with Crippen molar-refractivity contribution >= 4 is 5.52 Å². The van der Waals surface area contributed by atoms with E-state index in [1.807, 2.05) is 29.0 Å². The summed E-state index contributed by atoms with van der Waals surface area (Å²) in [6.45, 7) is 4.44. The fourth-order valence-corrected chi connectivity index (χ4v) is 3.35. The van der Waals surface area contributed by atoms with Gasteiger partial charge in [0.1, 0.15) is 5.75 Å². The molecule has 1 saturated heterocycles. The molecule has 0 N–H and O–H groups in total. The standard InChI is InChI=1S/C20H23N3O/c1-2-11-22(10-1)12-4-14-24-20-6-3-5-17(16-20)18-8-13-23-19(15-18)7-9-21-23/h3,5-9,13,15-16H,1-2,4,10-12,14H2. The van der Waals surface area contributed by atoms with E-state index in [9.17, 15) is 0 Å². The molecule has 0 amide bonds. The van der Waals surface area contributed by atoms with Crippen LogP contribution in [0.5, 0.6) is 5.75 Å². The number of hydrogen-bond acceptors (Lipinski definition) is 3. The van der Waals surface area contributed by atoms with E-state index in [4.69, 9.17) is 4.74 Å². The third-order valence-corrected chi connectivity index (χ3v) is 4.65. The highest BCUT2D eigenvalue weighted by Gasteiger charge is 2.10. The Hall–Kier alpha value is -2.33. The molecule has 0 saturated carbocycles. The van der Waals surface area contributed by atoms with Gasteiger partial charge >= 0.3 is 0 Å². The highest BCUT2D eigenvalue weighted by atomic mass is 16.5. The van der Waals surface area contributed by atoms with Gasteiger partial charge in [-0.25, -0.2) is 4.52 Å². The number of aromatic nitrogens is 2. The fourth-order valence-electron chi connectivity index (χ4n) is 3.35. The van der Waals surface area contributed by atoms with Crippen molar-refractivity contribution in [2.45, 2.75) is 19.3 Å². The van der Waals surface area contributed by atoms with Crippen molar-refractivity contribution in [3.63, 3.8) is 0 Å². The molecule has 4 rings (SSSR count). The minimum absolute atomic E-state index is 0.779. The van der Waals surface area contributed by atoms with Crippen molar-refractivity contribution in [1.82, 2.24) is 14.5 Å². The van der Waals surface area contributed by atoms with Gasteiger partial charge in [-0.3, -0.25) is 0 Å². The molecule has 1 aromatic carbocycles. The molecule has 3 heterocycles. The third kappa shape index (κ3) is 3.44. The Morgan fingerprint density at radius 1 is 1.00 bits per heavy atom. The van der Waals surface area contributed by atoms with Crippen molar-refractivity contribution in [3.05, 3.63) is 54.9 Å². The maximum absolute atomic E-state index is 5.96. The summed E-state index contributed by atoms with van der Waals surface area (Å²) in [4.78, 5) is 2.53. The second-order valence-corrected chi connectivity index (χ2v) is 6.39. The van der Waals surface area contributed by atoms with E-state index in [1.165, 1.54) is 37.1 Å². The number of nitrogens with zero attached hydrogens (tertiary/aromatic N) is 3. The molecule has 1 aliphatic rings. The Kier molecular flexibility index (Phi) is 4.47. The lowest BCUT2D eigenvalue weighted by Gasteiger charge is -2.14. The zero-order valence-corrected chi connectivity index (χ0v) is 13.9. The lowest BCUT2D eigenvalue weighted by Crippen LogP contribution is -2.21. The second-order valence-electron chi connectivity index (χ2n) is 6.39. The zero-order valence-electron chi connectivity index (χ0n) is 13.9. The van der Waals surface area contributed by atoms with Crippen LogP contribution in [0.3, 0.4) is 0 Å². The molecule has 24 heavy (non-hydrogen) atoms. The summed E-state index contributed by atoms with van der Waals surface area (Å²) in [5.41, 5.74) is 3.46. The number of ether oxygens (including phenoxy) is 1. The monoisotopic (exact) mass is 321 g/mol. The number of pyridine rings is 1. The molecule has 1 fully saturated rings. The van der Waals surface area contributed by atoms with Crippen LogP contribution in [0.25, 0.3) is 16.6 Å². The number of fused-ring (bicyclic) bond motifs is 1. The lowest BCUT2D eigenvalue weighted by atomic mass is 10.1. The van der Waals surface area contributed by atoms with Crippen LogP contribution < -0.4 is 4.74 Å². The Morgan fingerprint density at radius 2 is 1.88 bits per heavy atom. The van der Waals surface area contributed by atoms with Gasteiger partial charge in [-0.15, -0.1) is 0 Å². The summed E-state index contributed by atoms with van der Waals surface area (Å²) in [5, 5.41) is 4.24. The molecule has 124 valence electrons. The molecule has 0 unspecified atom stereocenters. The maximum Gasteiger partial charge on any atom is 0.119 e. The first kappa shape index (κ1) is 15.2. The number of likely N-dealkylation sites (tertiary alicyclic amines) is 1. The molecular formula is C20H23N3O. The predicted molar refractivity (Wildman–Crippen MR) is 96.4 cm³/mol. The van der Waals surface area contributed by atoms with Crippen molar-refractivity contribution < 1.29 is 4.74 Å². The summed E-state index contributed by atoms with van der Waals surface area (Å²) >= 11 is 0. The van der Waals surface area contributed by atoms with Crippen LogP contribution in [0.1, 0.15) is 19.3 Å². The topological polar surface area (TPSA) is 29.8 Å². The van der Waals surface area contributed by atoms with Gasteiger partial charge in [-0.05, 0) is 73.8 Å². The highest BCUT2D eigenvalue weighted by molar-refractivity contribution is 5.69. The summed E-state index contributed by atoms with van der Waals surface area (Å²) in [7, 11) is 0. The molecular weight excluding hydrogens is 298 g/mol. The number of rotatable bonds is 6. The van der Waals surface area contributed by atoms with Gasteiger partial charge in [0.05, 0.1) is 12.1 Å². The van der Waals surface area contributed by atoms with Gasteiger partial charge in [0.25, 0.3) is 0 Å².